The van der Waals surface area contributed by atoms with Crippen molar-refractivity contribution in [2.75, 3.05) is 13.1 Å². The lowest BCUT2D eigenvalue weighted by molar-refractivity contribution is -0.0675. The molecule has 0 radical (unpaired) electrons. The van der Waals surface area contributed by atoms with Gasteiger partial charge in [-0.05, 0) is 43.6 Å². The van der Waals surface area contributed by atoms with E-state index in [0.717, 1.165) is 0 Å². The van der Waals surface area contributed by atoms with Crippen LogP contribution in [0.5, 0.6) is 0 Å². The van der Waals surface area contributed by atoms with Crippen molar-refractivity contribution in [3.63, 3.8) is 0 Å². The first-order valence-electron chi connectivity index (χ1n) is 5.91. The van der Waals surface area contributed by atoms with Crippen molar-refractivity contribution in [1.82, 2.24) is 5.32 Å². The zero-order chi connectivity index (χ0) is 12.3. The minimum absolute atomic E-state index is 0.186. The van der Waals surface area contributed by atoms with Crippen molar-refractivity contribution < 1.29 is 8.78 Å². The van der Waals surface area contributed by atoms with Gasteiger partial charge in [-0.1, -0.05) is 23.7 Å². The summed E-state index contributed by atoms with van der Waals surface area (Å²) in [7, 11) is 0. The molecule has 0 amide bonds. The Balaban J connectivity index is 2.02. The van der Waals surface area contributed by atoms with Gasteiger partial charge in [-0.3, -0.25) is 0 Å². The van der Waals surface area contributed by atoms with Crippen LogP contribution in [0, 0.1) is 5.92 Å². The molecule has 1 heterocycles. The number of nitrogens with one attached hydrogen (secondary N) is 1. The zero-order valence-corrected chi connectivity index (χ0v) is 10.3. The van der Waals surface area contributed by atoms with Gasteiger partial charge >= 0.3 is 0 Å². The predicted octanol–water partition coefficient (Wildman–Crippen LogP) is 3.52. The maximum Gasteiger partial charge on any atom is 0.254 e. The summed E-state index contributed by atoms with van der Waals surface area (Å²) in [6, 6.07) is 6.68. The van der Waals surface area contributed by atoms with Crippen molar-refractivity contribution in [2.24, 2.45) is 5.92 Å². The summed E-state index contributed by atoms with van der Waals surface area (Å²) in [4.78, 5) is 0. The minimum atomic E-state index is -2.62. The molecule has 1 aliphatic rings. The van der Waals surface area contributed by atoms with Crippen LogP contribution in [-0.4, -0.2) is 19.0 Å². The predicted molar refractivity (Wildman–Crippen MR) is 65.7 cm³/mol. The molecule has 0 aliphatic carbocycles. The largest absolute Gasteiger partial charge is 0.317 e. The second kappa shape index (κ2) is 5.32. The van der Waals surface area contributed by atoms with Gasteiger partial charge in [-0.2, -0.15) is 0 Å². The lowest BCUT2D eigenvalue weighted by Gasteiger charge is -2.30. The maximum atomic E-state index is 14.0. The molecule has 1 aliphatic heterocycles. The highest BCUT2D eigenvalue weighted by molar-refractivity contribution is 6.30. The number of piperidine rings is 1. The minimum Gasteiger partial charge on any atom is -0.317 e. The lowest BCUT2D eigenvalue weighted by Crippen LogP contribution is -2.39. The summed E-state index contributed by atoms with van der Waals surface area (Å²) in [5.41, 5.74) is 0.651. The van der Waals surface area contributed by atoms with E-state index in [1.165, 1.54) is 0 Å². The highest BCUT2D eigenvalue weighted by Gasteiger charge is 2.39. The fourth-order valence-corrected chi connectivity index (χ4v) is 2.39. The Bertz CT molecular complexity index is 358. The van der Waals surface area contributed by atoms with E-state index >= 15 is 0 Å². The average Bonchev–Trinajstić information content (AvgIpc) is 2.33. The smallest absolute Gasteiger partial charge is 0.254 e. The molecule has 1 N–H and O–H groups in total. The molecule has 0 atom stereocenters. The number of hydrogen-bond donors (Lipinski definition) is 1. The van der Waals surface area contributed by atoms with Crippen LogP contribution in [0.3, 0.4) is 0 Å². The molecule has 1 aromatic rings. The van der Waals surface area contributed by atoms with Crippen molar-refractivity contribution in [3.8, 4) is 0 Å². The first-order chi connectivity index (χ1) is 8.08. The molecule has 94 valence electrons. The molecule has 17 heavy (non-hydrogen) atoms. The van der Waals surface area contributed by atoms with Gasteiger partial charge in [0.2, 0.25) is 0 Å². The van der Waals surface area contributed by atoms with Gasteiger partial charge < -0.3 is 5.32 Å². The molecule has 4 heteroatoms. The van der Waals surface area contributed by atoms with Crippen molar-refractivity contribution >= 4 is 11.6 Å². The summed E-state index contributed by atoms with van der Waals surface area (Å²) in [5, 5.41) is 3.69. The van der Waals surface area contributed by atoms with Crippen LogP contribution in [0.1, 0.15) is 18.4 Å². The summed E-state index contributed by atoms with van der Waals surface area (Å²) < 4.78 is 28.1. The van der Waals surface area contributed by atoms with Crippen molar-refractivity contribution in [2.45, 2.75) is 25.2 Å². The van der Waals surface area contributed by atoms with Crippen LogP contribution in [0.25, 0.3) is 0 Å². The van der Waals surface area contributed by atoms with Crippen LogP contribution in [0.15, 0.2) is 24.3 Å². The van der Waals surface area contributed by atoms with Crippen LogP contribution < -0.4 is 5.32 Å². The summed E-state index contributed by atoms with van der Waals surface area (Å²) in [5.74, 6) is -3.12. The van der Waals surface area contributed by atoms with E-state index in [9.17, 15) is 8.78 Å². The molecule has 0 aromatic heterocycles. The third kappa shape index (κ3) is 3.39. The maximum absolute atomic E-state index is 14.0. The van der Waals surface area contributed by atoms with Gasteiger partial charge in [0.05, 0.1) is 0 Å². The Morgan fingerprint density at radius 3 is 2.35 bits per heavy atom. The average molecular weight is 260 g/mol. The number of halogens is 3. The van der Waals surface area contributed by atoms with E-state index in [1.807, 2.05) is 0 Å². The van der Waals surface area contributed by atoms with Gasteiger partial charge in [0.15, 0.2) is 0 Å². The third-order valence-electron chi connectivity index (χ3n) is 3.29. The number of hydrogen-bond acceptors (Lipinski definition) is 1. The van der Waals surface area contributed by atoms with E-state index in [2.05, 4.69) is 5.32 Å². The van der Waals surface area contributed by atoms with Crippen LogP contribution >= 0.6 is 11.6 Å². The van der Waals surface area contributed by atoms with E-state index < -0.39 is 11.8 Å². The van der Waals surface area contributed by atoms with E-state index in [4.69, 9.17) is 11.6 Å². The molecule has 2 rings (SSSR count). The molecular formula is C13H16ClF2N. The van der Waals surface area contributed by atoms with Crippen LogP contribution in [-0.2, 0) is 6.42 Å². The van der Waals surface area contributed by atoms with Gasteiger partial charge in [0.25, 0.3) is 5.92 Å². The lowest BCUT2D eigenvalue weighted by atomic mass is 9.88. The number of benzene rings is 1. The SMILES string of the molecule is FC(F)(Cc1ccc(Cl)cc1)C1CCNCC1. The molecule has 0 unspecified atom stereocenters. The Morgan fingerprint density at radius 2 is 1.76 bits per heavy atom. The Labute approximate surface area is 105 Å². The van der Waals surface area contributed by atoms with Crippen LogP contribution in [0.2, 0.25) is 5.02 Å². The van der Waals surface area contributed by atoms with Crippen molar-refractivity contribution in [1.29, 1.82) is 0 Å². The Morgan fingerprint density at radius 1 is 1.18 bits per heavy atom. The van der Waals surface area contributed by atoms with Gasteiger partial charge in [0, 0.05) is 17.4 Å². The molecule has 1 fully saturated rings. The van der Waals surface area contributed by atoms with Gasteiger partial charge in [-0.25, -0.2) is 8.78 Å². The summed E-state index contributed by atoms with van der Waals surface area (Å²) in [6.45, 7) is 1.39. The van der Waals surface area contributed by atoms with E-state index in [0.29, 0.717) is 36.5 Å². The molecular weight excluding hydrogens is 244 g/mol. The Hall–Kier alpha value is -0.670. The molecule has 1 nitrogen and oxygen atoms in total. The molecule has 0 bridgehead atoms. The van der Waals surface area contributed by atoms with Crippen LogP contribution in [0.4, 0.5) is 8.78 Å². The first-order valence-corrected chi connectivity index (χ1v) is 6.29. The number of alkyl halides is 2. The van der Waals surface area contributed by atoms with Gasteiger partial charge in [0.1, 0.15) is 0 Å². The van der Waals surface area contributed by atoms with Crippen molar-refractivity contribution in [3.05, 3.63) is 34.9 Å². The van der Waals surface area contributed by atoms with E-state index in [-0.39, 0.29) is 6.42 Å². The standard InChI is InChI=1S/C13H16ClF2N/c14-12-3-1-10(2-4-12)9-13(15,16)11-5-7-17-8-6-11/h1-4,11,17H,5-9H2. The second-order valence-corrected chi connectivity index (χ2v) is 5.02. The summed E-state index contributed by atoms with van der Waals surface area (Å²) >= 11 is 5.74. The molecule has 0 saturated carbocycles. The first kappa shape index (κ1) is 12.8. The summed E-state index contributed by atoms with van der Waals surface area (Å²) in [6.07, 6.45) is 0.927. The fourth-order valence-electron chi connectivity index (χ4n) is 2.26. The highest BCUT2D eigenvalue weighted by atomic mass is 35.5. The normalized spacial score (nSPS) is 18.3. The fraction of sp³-hybridized carbons (Fsp3) is 0.538. The van der Waals surface area contributed by atoms with E-state index in [1.54, 1.807) is 24.3 Å². The third-order valence-corrected chi connectivity index (χ3v) is 3.54. The quantitative estimate of drug-likeness (QED) is 0.876. The Kier molecular flexibility index (Phi) is 4.00. The molecule has 1 aromatic carbocycles. The second-order valence-electron chi connectivity index (χ2n) is 4.59. The topological polar surface area (TPSA) is 12.0 Å². The molecule has 0 spiro atoms. The van der Waals surface area contributed by atoms with Gasteiger partial charge in [-0.15, -0.1) is 0 Å². The molecule has 1 saturated heterocycles. The monoisotopic (exact) mass is 259 g/mol. The zero-order valence-electron chi connectivity index (χ0n) is 9.56. The highest BCUT2D eigenvalue weighted by Crippen LogP contribution is 2.34. The number of rotatable bonds is 3.